The molecule has 3 aromatic rings. The number of fused-ring (bicyclic) bond motifs is 1. The predicted octanol–water partition coefficient (Wildman–Crippen LogP) is 5.49. The van der Waals surface area contributed by atoms with Crippen LogP contribution in [0.15, 0.2) is 59.2 Å². The van der Waals surface area contributed by atoms with Crippen molar-refractivity contribution in [2.45, 2.75) is 18.6 Å². The monoisotopic (exact) mass is 403 g/mol. The van der Waals surface area contributed by atoms with Crippen molar-refractivity contribution in [1.82, 2.24) is 4.57 Å². The van der Waals surface area contributed by atoms with E-state index >= 15 is 0 Å². The summed E-state index contributed by atoms with van der Waals surface area (Å²) in [6, 6.07) is 16.9. The largest absolute Gasteiger partial charge is 0.481 e. The molecule has 0 bridgehead atoms. The zero-order chi connectivity index (χ0) is 16.9. The summed E-state index contributed by atoms with van der Waals surface area (Å²) in [5.41, 5.74) is 3.59. The second kappa shape index (κ2) is 7.90. The molecule has 0 atom stereocenters. The quantitative estimate of drug-likeness (QED) is 0.530. The maximum absolute atomic E-state index is 10.5. The molecule has 3 nitrogen and oxygen atoms in total. The average molecular weight is 404 g/mol. The minimum Gasteiger partial charge on any atom is -0.481 e. The van der Waals surface area contributed by atoms with Gasteiger partial charge in [-0.05, 0) is 54.1 Å². The van der Waals surface area contributed by atoms with E-state index in [1.54, 1.807) is 11.8 Å². The smallest absolute Gasteiger partial charge is 0.303 e. The number of halogens is 1. The molecule has 1 aromatic heterocycles. The Hall–Kier alpha value is -1.72. The molecule has 2 aromatic carbocycles. The van der Waals surface area contributed by atoms with Crippen LogP contribution in [0.25, 0.3) is 16.6 Å². The lowest BCUT2D eigenvalue weighted by Crippen LogP contribution is -1.96. The highest BCUT2D eigenvalue weighted by Gasteiger charge is 2.05. The molecule has 0 saturated carbocycles. The molecule has 0 aliphatic rings. The molecule has 0 aliphatic carbocycles. The molecule has 1 N–H and O–H groups in total. The van der Waals surface area contributed by atoms with Crippen molar-refractivity contribution in [3.05, 3.63) is 64.8 Å². The number of aliphatic carboxylic acids is 1. The Morgan fingerprint density at radius 2 is 2.04 bits per heavy atom. The van der Waals surface area contributed by atoms with Gasteiger partial charge in [0.05, 0.1) is 5.52 Å². The normalized spacial score (nSPS) is 11.0. The van der Waals surface area contributed by atoms with Crippen LogP contribution >= 0.6 is 27.7 Å². The van der Waals surface area contributed by atoms with E-state index < -0.39 is 5.97 Å². The lowest BCUT2D eigenvalue weighted by atomic mass is 10.2. The van der Waals surface area contributed by atoms with Crippen LogP contribution in [0.1, 0.15) is 18.4 Å². The van der Waals surface area contributed by atoms with Crippen molar-refractivity contribution in [2.75, 3.05) is 5.75 Å². The molecule has 5 heteroatoms. The molecular formula is C19H18BrNO2S. The first kappa shape index (κ1) is 17.1. The van der Waals surface area contributed by atoms with Gasteiger partial charge in [0.1, 0.15) is 0 Å². The van der Waals surface area contributed by atoms with Gasteiger partial charge in [0.2, 0.25) is 0 Å². The number of thioether (sulfide) groups is 1. The van der Waals surface area contributed by atoms with Crippen molar-refractivity contribution in [3.63, 3.8) is 0 Å². The number of benzene rings is 2. The third-order valence-corrected chi connectivity index (χ3v) is 5.40. The summed E-state index contributed by atoms with van der Waals surface area (Å²) in [4.78, 5) is 10.5. The van der Waals surface area contributed by atoms with E-state index in [9.17, 15) is 4.79 Å². The molecule has 124 valence electrons. The summed E-state index contributed by atoms with van der Waals surface area (Å²) >= 11 is 5.29. The summed E-state index contributed by atoms with van der Waals surface area (Å²) in [6.45, 7) is 0. The fourth-order valence-electron chi connectivity index (χ4n) is 2.65. The minimum absolute atomic E-state index is 0.248. The number of hydrogen-bond acceptors (Lipinski definition) is 2. The van der Waals surface area contributed by atoms with E-state index in [0.717, 1.165) is 28.1 Å². The van der Waals surface area contributed by atoms with Crippen molar-refractivity contribution >= 4 is 44.6 Å². The van der Waals surface area contributed by atoms with Gasteiger partial charge < -0.3 is 9.67 Å². The first-order chi connectivity index (χ1) is 11.6. The first-order valence-corrected chi connectivity index (χ1v) is 9.74. The van der Waals surface area contributed by atoms with E-state index in [1.807, 2.05) is 0 Å². The summed E-state index contributed by atoms with van der Waals surface area (Å²) in [5.74, 6) is 1.05. The van der Waals surface area contributed by atoms with Crippen LogP contribution in [0.3, 0.4) is 0 Å². The van der Waals surface area contributed by atoms with E-state index in [-0.39, 0.29) is 6.42 Å². The zero-order valence-electron chi connectivity index (χ0n) is 13.1. The number of carboxylic acids is 1. The van der Waals surface area contributed by atoms with Gasteiger partial charge in [0.25, 0.3) is 0 Å². The summed E-state index contributed by atoms with van der Waals surface area (Å²) in [7, 11) is 0. The molecule has 0 fully saturated rings. The number of carboxylic acid groups (broad SMARTS) is 1. The number of carbonyl (C=O) groups is 1. The third kappa shape index (κ3) is 4.22. The topological polar surface area (TPSA) is 42.2 Å². The van der Waals surface area contributed by atoms with Crippen molar-refractivity contribution < 1.29 is 9.90 Å². The molecule has 0 aliphatic heterocycles. The highest BCUT2D eigenvalue weighted by molar-refractivity contribution is 9.10. The van der Waals surface area contributed by atoms with Gasteiger partial charge in [0, 0.05) is 33.9 Å². The first-order valence-electron chi connectivity index (χ1n) is 7.79. The second-order valence-corrected chi connectivity index (χ2v) is 7.63. The predicted molar refractivity (Wildman–Crippen MR) is 104 cm³/mol. The fraction of sp³-hybridized carbons (Fsp3) is 0.211. The van der Waals surface area contributed by atoms with Crippen molar-refractivity contribution in [2.24, 2.45) is 0 Å². The van der Waals surface area contributed by atoms with Crippen LogP contribution < -0.4 is 0 Å². The lowest BCUT2D eigenvalue weighted by Gasteiger charge is -2.08. The van der Waals surface area contributed by atoms with E-state index in [1.165, 1.54) is 16.5 Å². The third-order valence-electron chi connectivity index (χ3n) is 3.79. The Morgan fingerprint density at radius 3 is 2.88 bits per heavy atom. The Bertz CT molecular complexity index is 859. The van der Waals surface area contributed by atoms with Gasteiger partial charge in [-0.3, -0.25) is 4.79 Å². The SMILES string of the molecule is O=C(O)CCCSCc1cccc(-n2ccc3cc(Br)ccc32)c1. The Balaban J connectivity index is 1.71. The molecule has 0 saturated heterocycles. The number of nitrogens with zero attached hydrogens (tertiary/aromatic N) is 1. The highest BCUT2D eigenvalue weighted by atomic mass is 79.9. The Morgan fingerprint density at radius 1 is 1.17 bits per heavy atom. The average Bonchev–Trinajstić information content (AvgIpc) is 2.97. The molecule has 0 spiro atoms. The van der Waals surface area contributed by atoms with Crippen LogP contribution in [0, 0.1) is 0 Å². The molecular weight excluding hydrogens is 386 g/mol. The summed E-state index contributed by atoms with van der Waals surface area (Å²) in [6.07, 6.45) is 3.06. The number of aromatic nitrogens is 1. The van der Waals surface area contributed by atoms with Crippen LogP contribution in [-0.2, 0) is 10.5 Å². The molecule has 24 heavy (non-hydrogen) atoms. The molecule has 3 rings (SSSR count). The Labute approximate surface area is 153 Å². The Kier molecular flexibility index (Phi) is 5.63. The standard InChI is InChI=1S/C19H18BrNO2S/c20-16-6-7-18-15(12-16)8-9-21(18)17-4-1-3-14(11-17)13-24-10-2-5-19(22)23/h1,3-4,6-9,11-12H,2,5,10,13H2,(H,22,23). The maximum atomic E-state index is 10.5. The maximum Gasteiger partial charge on any atom is 0.303 e. The zero-order valence-corrected chi connectivity index (χ0v) is 15.5. The van der Waals surface area contributed by atoms with Crippen molar-refractivity contribution in [1.29, 1.82) is 0 Å². The molecule has 1 heterocycles. The summed E-state index contributed by atoms with van der Waals surface area (Å²) in [5, 5.41) is 9.87. The fourth-order valence-corrected chi connectivity index (χ4v) is 3.94. The van der Waals surface area contributed by atoms with Crippen LogP contribution in [0.5, 0.6) is 0 Å². The van der Waals surface area contributed by atoms with Crippen LogP contribution in [0.4, 0.5) is 0 Å². The van der Waals surface area contributed by atoms with Crippen LogP contribution in [0.2, 0.25) is 0 Å². The van der Waals surface area contributed by atoms with Gasteiger partial charge in [-0.2, -0.15) is 11.8 Å². The van der Waals surface area contributed by atoms with E-state index in [4.69, 9.17) is 5.11 Å². The van der Waals surface area contributed by atoms with Gasteiger partial charge >= 0.3 is 5.97 Å². The minimum atomic E-state index is -0.719. The highest BCUT2D eigenvalue weighted by Crippen LogP contribution is 2.25. The molecule has 0 unspecified atom stereocenters. The van der Waals surface area contributed by atoms with Gasteiger partial charge in [-0.25, -0.2) is 0 Å². The summed E-state index contributed by atoms with van der Waals surface area (Å²) < 4.78 is 3.28. The van der Waals surface area contributed by atoms with E-state index in [2.05, 4.69) is 75.2 Å². The van der Waals surface area contributed by atoms with Crippen molar-refractivity contribution in [3.8, 4) is 5.69 Å². The number of rotatable bonds is 7. The van der Waals surface area contributed by atoms with Gasteiger partial charge in [0.15, 0.2) is 0 Å². The van der Waals surface area contributed by atoms with Gasteiger partial charge in [-0.1, -0.05) is 28.1 Å². The molecule has 0 amide bonds. The van der Waals surface area contributed by atoms with E-state index in [0.29, 0.717) is 0 Å². The molecule has 0 radical (unpaired) electrons. The number of hydrogen-bond donors (Lipinski definition) is 1. The van der Waals surface area contributed by atoms with Crippen LogP contribution in [-0.4, -0.2) is 21.4 Å². The second-order valence-electron chi connectivity index (χ2n) is 5.61. The van der Waals surface area contributed by atoms with Gasteiger partial charge in [-0.15, -0.1) is 0 Å². The lowest BCUT2D eigenvalue weighted by molar-refractivity contribution is -0.137.